The number of nitrogens with zero attached hydrogens (tertiary/aromatic N) is 1. The molecule has 0 aromatic heterocycles. The Morgan fingerprint density at radius 1 is 1.31 bits per heavy atom. The summed E-state index contributed by atoms with van der Waals surface area (Å²) in [6, 6.07) is 0. The summed E-state index contributed by atoms with van der Waals surface area (Å²) in [5.41, 5.74) is 5.80. The molecule has 0 amide bonds. The van der Waals surface area contributed by atoms with Crippen LogP contribution in [-0.4, -0.2) is 30.2 Å². The fraction of sp³-hybridized carbons (Fsp3) is 0.600. The first-order valence-electron chi connectivity index (χ1n) is 4.92. The fourth-order valence-corrected chi connectivity index (χ4v) is 1.94. The Morgan fingerprint density at radius 2 is 2.08 bits per heavy atom. The van der Waals surface area contributed by atoms with Gasteiger partial charge in [-0.05, 0) is 44.3 Å². The van der Waals surface area contributed by atoms with Gasteiger partial charge in [-0.2, -0.15) is 0 Å². The molecule has 3 N–H and O–H groups in total. The second kappa shape index (κ2) is 3.52. The molecule has 0 aromatic carbocycles. The van der Waals surface area contributed by atoms with Crippen LogP contribution < -0.4 is 11.1 Å². The maximum absolute atomic E-state index is 6.15. The predicted molar refractivity (Wildman–Crippen MR) is 54.0 cm³/mol. The number of allylic oxidation sites excluding steroid dienone is 2. The quantitative estimate of drug-likeness (QED) is 0.645. The Labute approximate surface area is 79.3 Å². The van der Waals surface area contributed by atoms with Gasteiger partial charge in [0.1, 0.15) is 5.66 Å². The lowest BCUT2D eigenvalue weighted by Gasteiger charge is -2.32. The summed E-state index contributed by atoms with van der Waals surface area (Å²) >= 11 is 0. The molecule has 1 saturated heterocycles. The van der Waals surface area contributed by atoms with Gasteiger partial charge in [0, 0.05) is 6.54 Å². The average Bonchev–Trinajstić information content (AvgIpc) is 2.57. The maximum Gasteiger partial charge on any atom is 0.118 e. The highest BCUT2D eigenvalue weighted by molar-refractivity contribution is 5.18. The molecule has 2 aliphatic heterocycles. The fourth-order valence-electron chi connectivity index (χ4n) is 1.94. The van der Waals surface area contributed by atoms with Crippen LogP contribution in [0.3, 0.4) is 0 Å². The van der Waals surface area contributed by atoms with Crippen LogP contribution in [0.2, 0.25) is 0 Å². The lowest BCUT2D eigenvalue weighted by atomic mass is 10.1. The van der Waals surface area contributed by atoms with Crippen molar-refractivity contribution in [1.29, 1.82) is 0 Å². The van der Waals surface area contributed by atoms with Gasteiger partial charge in [0.15, 0.2) is 0 Å². The average molecular weight is 179 g/mol. The number of hydrogen-bond donors (Lipinski definition) is 2. The minimum atomic E-state index is -0.348. The van der Waals surface area contributed by atoms with E-state index in [4.69, 9.17) is 5.73 Å². The lowest BCUT2D eigenvalue weighted by molar-refractivity contribution is 0.261. The molecule has 0 aliphatic carbocycles. The molecule has 2 heterocycles. The van der Waals surface area contributed by atoms with Crippen molar-refractivity contribution in [3.63, 3.8) is 0 Å². The highest BCUT2D eigenvalue weighted by Gasteiger charge is 2.25. The molecule has 0 saturated carbocycles. The molecule has 1 atom stereocenters. The third-order valence-corrected chi connectivity index (χ3v) is 2.64. The maximum atomic E-state index is 6.15. The summed E-state index contributed by atoms with van der Waals surface area (Å²) in [7, 11) is 0. The molecule has 3 nitrogen and oxygen atoms in total. The molecule has 1 unspecified atom stereocenters. The summed E-state index contributed by atoms with van der Waals surface area (Å²) in [5.74, 6) is 0. The number of nitrogens with one attached hydrogen (secondary N) is 1. The van der Waals surface area contributed by atoms with E-state index in [2.05, 4.69) is 10.2 Å². The van der Waals surface area contributed by atoms with Crippen LogP contribution >= 0.6 is 0 Å². The number of hydrogen-bond acceptors (Lipinski definition) is 3. The molecule has 1 fully saturated rings. The van der Waals surface area contributed by atoms with Crippen molar-refractivity contribution < 1.29 is 0 Å². The van der Waals surface area contributed by atoms with Crippen molar-refractivity contribution in [3.05, 3.63) is 24.4 Å². The zero-order valence-corrected chi connectivity index (χ0v) is 7.87. The Bertz CT molecular complexity index is 228. The summed E-state index contributed by atoms with van der Waals surface area (Å²) in [6.45, 7) is 3.30. The van der Waals surface area contributed by atoms with Crippen LogP contribution in [0.1, 0.15) is 12.8 Å². The number of likely N-dealkylation sites (tertiary alicyclic amines) is 1. The molecule has 2 aliphatic rings. The number of dihydropyridines is 1. The van der Waals surface area contributed by atoms with Crippen LogP contribution in [0.25, 0.3) is 0 Å². The minimum absolute atomic E-state index is 0.348. The standard InChI is InChI=1S/C10H17N3/c11-10(5-1-2-6-12-10)9-13-7-3-4-8-13/h1-2,5-6,12H,3-4,7-9,11H2. The first-order valence-corrected chi connectivity index (χ1v) is 4.92. The summed E-state index contributed by atoms with van der Waals surface area (Å²) in [5, 5.41) is 3.19. The van der Waals surface area contributed by atoms with E-state index in [9.17, 15) is 0 Å². The molecule has 0 radical (unpaired) electrons. The largest absolute Gasteiger partial charge is 0.369 e. The normalized spacial score (nSPS) is 33.6. The Kier molecular flexibility index (Phi) is 2.38. The van der Waals surface area contributed by atoms with E-state index in [-0.39, 0.29) is 5.66 Å². The minimum Gasteiger partial charge on any atom is -0.369 e. The van der Waals surface area contributed by atoms with Crippen molar-refractivity contribution in [2.75, 3.05) is 19.6 Å². The predicted octanol–water partition coefficient (Wildman–Crippen LogP) is 0.410. The van der Waals surface area contributed by atoms with Crippen molar-refractivity contribution in [3.8, 4) is 0 Å². The molecule has 0 bridgehead atoms. The molecular formula is C10H17N3. The Hall–Kier alpha value is -0.800. The highest BCUT2D eigenvalue weighted by Crippen LogP contribution is 2.12. The van der Waals surface area contributed by atoms with Crippen LogP contribution in [0.4, 0.5) is 0 Å². The van der Waals surface area contributed by atoms with Gasteiger partial charge < -0.3 is 11.1 Å². The first-order chi connectivity index (χ1) is 6.29. The second-order valence-corrected chi connectivity index (χ2v) is 3.89. The highest BCUT2D eigenvalue weighted by atomic mass is 15.2. The molecular weight excluding hydrogens is 162 g/mol. The topological polar surface area (TPSA) is 41.3 Å². The third kappa shape index (κ3) is 2.11. The zero-order chi connectivity index (χ0) is 9.15. The molecule has 0 aromatic rings. The van der Waals surface area contributed by atoms with Crippen molar-refractivity contribution >= 4 is 0 Å². The SMILES string of the molecule is NC1(CN2CCCC2)C=CC=CN1. The van der Waals surface area contributed by atoms with E-state index in [0.717, 1.165) is 6.54 Å². The van der Waals surface area contributed by atoms with Gasteiger partial charge in [-0.15, -0.1) is 0 Å². The Morgan fingerprint density at radius 3 is 2.69 bits per heavy atom. The first kappa shape index (κ1) is 8.78. The zero-order valence-electron chi connectivity index (χ0n) is 7.87. The van der Waals surface area contributed by atoms with Gasteiger partial charge in [-0.1, -0.05) is 6.08 Å². The summed E-state index contributed by atoms with van der Waals surface area (Å²) < 4.78 is 0. The van der Waals surface area contributed by atoms with Crippen LogP contribution in [0, 0.1) is 0 Å². The van der Waals surface area contributed by atoms with Crippen molar-refractivity contribution in [2.45, 2.75) is 18.5 Å². The molecule has 0 spiro atoms. The lowest BCUT2D eigenvalue weighted by Crippen LogP contribution is -2.57. The van der Waals surface area contributed by atoms with Gasteiger partial charge >= 0.3 is 0 Å². The van der Waals surface area contributed by atoms with E-state index < -0.39 is 0 Å². The summed E-state index contributed by atoms with van der Waals surface area (Å²) in [4.78, 5) is 2.41. The molecule has 13 heavy (non-hydrogen) atoms. The second-order valence-electron chi connectivity index (χ2n) is 3.89. The number of nitrogens with two attached hydrogens (primary N) is 1. The van der Waals surface area contributed by atoms with Gasteiger partial charge in [-0.25, -0.2) is 0 Å². The van der Waals surface area contributed by atoms with E-state index in [0.29, 0.717) is 0 Å². The van der Waals surface area contributed by atoms with Crippen LogP contribution in [0.5, 0.6) is 0 Å². The van der Waals surface area contributed by atoms with E-state index in [1.165, 1.54) is 25.9 Å². The van der Waals surface area contributed by atoms with Gasteiger partial charge in [0.05, 0.1) is 0 Å². The molecule has 72 valence electrons. The van der Waals surface area contributed by atoms with Gasteiger partial charge in [0.25, 0.3) is 0 Å². The molecule has 3 heteroatoms. The van der Waals surface area contributed by atoms with Gasteiger partial charge in [-0.3, -0.25) is 4.90 Å². The number of rotatable bonds is 2. The van der Waals surface area contributed by atoms with Crippen LogP contribution in [0.15, 0.2) is 24.4 Å². The smallest absolute Gasteiger partial charge is 0.118 e. The molecule has 2 rings (SSSR count). The van der Waals surface area contributed by atoms with E-state index in [1.807, 2.05) is 24.4 Å². The van der Waals surface area contributed by atoms with E-state index in [1.54, 1.807) is 0 Å². The van der Waals surface area contributed by atoms with Crippen molar-refractivity contribution in [1.82, 2.24) is 10.2 Å². The van der Waals surface area contributed by atoms with E-state index >= 15 is 0 Å². The monoisotopic (exact) mass is 179 g/mol. The van der Waals surface area contributed by atoms with Gasteiger partial charge in [0.2, 0.25) is 0 Å². The third-order valence-electron chi connectivity index (χ3n) is 2.64. The van der Waals surface area contributed by atoms with Crippen LogP contribution in [-0.2, 0) is 0 Å². The summed E-state index contributed by atoms with van der Waals surface area (Å²) in [6.07, 6.45) is 10.5. The Balaban J connectivity index is 1.92. The van der Waals surface area contributed by atoms with Crippen molar-refractivity contribution in [2.24, 2.45) is 5.73 Å².